The molecule has 4 rings (SSSR count). The molecule has 1 N–H and O–H groups in total. The summed E-state index contributed by atoms with van der Waals surface area (Å²) in [5.41, 5.74) is 4.83. The molecule has 0 saturated heterocycles. The Labute approximate surface area is 196 Å². The van der Waals surface area contributed by atoms with Crippen molar-refractivity contribution in [1.29, 1.82) is 0 Å². The van der Waals surface area contributed by atoms with Crippen molar-refractivity contribution in [2.45, 2.75) is 6.61 Å². The molecule has 0 saturated carbocycles. The van der Waals surface area contributed by atoms with Crippen LogP contribution in [0.25, 0.3) is 11.0 Å². The normalized spacial score (nSPS) is 11.2. The summed E-state index contributed by atoms with van der Waals surface area (Å²) < 4.78 is 12.1. The molecule has 0 unspecified atom stereocenters. The molecule has 0 atom stereocenters. The lowest BCUT2D eigenvalue weighted by atomic mass is 10.2. The minimum Gasteiger partial charge on any atom is -0.488 e. The number of hydrazone groups is 1. The number of hydrogen-bond acceptors (Lipinski definition) is 4. The molecule has 31 heavy (non-hydrogen) atoms. The minimum atomic E-state index is -0.453. The average Bonchev–Trinajstić information content (AvgIpc) is 3.17. The molecule has 0 aliphatic carbocycles. The average molecular weight is 518 g/mol. The first-order valence-electron chi connectivity index (χ1n) is 9.17. The van der Waals surface area contributed by atoms with Crippen LogP contribution >= 0.6 is 39.1 Å². The highest BCUT2D eigenvalue weighted by Crippen LogP contribution is 2.27. The standard InChI is InChI=1S/C23H15BrCl2N2O3/c24-19-9-15(3-7-21(19)30-13-14-1-4-17(25)5-2-14)12-27-28-23(29)22-11-16-10-18(26)6-8-20(16)31-22/h1-12H,13H2,(H,28,29)/b27-12+. The van der Waals surface area contributed by atoms with E-state index in [1.165, 1.54) is 6.21 Å². The highest BCUT2D eigenvalue weighted by molar-refractivity contribution is 9.10. The number of benzene rings is 3. The van der Waals surface area contributed by atoms with Gasteiger partial charge in [-0.3, -0.25) is 4.79 Å². The summed E-state index contributed by atoms with van der Waals surface area (Å²) >= 11 is 15.3. The van der Waals surface area contributed by atoms with Gasteiger partial charge in [0.05, 0.1) is 10.7 Å². The lowest BCUT2D eigenvalue weighted by Gasteiger charge is -2.09. The molecule has 0 spiro atoms. The van der Waals surface area contributed by atoms with E-state index in [2.05, 4.69) is 26.5 Å². The van der Waals surface area contributed by atoms with Crippen molar-refractivity contribution in [3.8, 4) is 5.75 Å². The third kappa shape index (κ3) is 5.47. The van der Waals surface area contributed by atoms with Gasteiger partial charge in [0, 0.05) is 15.4 Å². The Morgan fingerprint density at radius 2 is 1.81 bits per heavy atom. The number of carbonyl (C=O) groups excluding carboxylic acids is 1. The largest absolute Gasteiger partial charge is 0.488 e. The van der Waals surface area contributed by atoms with Gasteiger partial charge in [-0.15, -0.1) is 0 Å². The van der Waals surface area contributed by atoms with Crippen molar-refractivity contribution in [3.63, 3.8) is 0 Å². The van der Waals surface area contributed by atoms with Crippen LogP contribution in [0, 0.1) is 0 Å². The topological polar surface area (TPSA) is 63.8 Å². The summed E-state index contributed by atoms with van der Waals surface area (Å²) in [5.74, 6) is 0.393. The van der Waals surface area contributed by atoms with Gasteiger partial charge in [-0.25, -0.2) is 5.43 Å². The predicted octanol–water partition coefficient (Wildman–Crippen LogP) is 6.85. The van der Waals surface area contributed by atoms with E-state index < -0.39 is 5.91 Å². The molecule has 5 nitrogen and oxygen atoms in total. The summed E-state index contributed by atoms with van der Waals surface area (Å²) in [4.78, 5) is 12.3. The van der Waals surface area contributed by atoms with Crippen LogP contribution in [0.15, 0.2) is 80.7 Å². The lowest BCUT2D eigenvalue weighted by molar-refractivity contribution is 0.0929. The molecule has 8 heteroatoms. The molecule has 0 bridgehead atoms. The second-order valence-corrected chi connectivity index (χ2v) is 8.32. The summed E-state index contributed by atoms with van der Waals surface area (Å²) in [6.45, 7) is 0.419. The molecule has 1 aromatic heterocycles. The van der Waals surface area contributed by atoms with Gasteiger partial charge in [0.25, 0.3) is 0 Å². The number of nitrogens with one attached hydrogen (secondary N) is 1. The number of carbonyl (C=O) groups is 1. The monoisotopic (exact) mass is 516 g/mol. The second-order valence-electron chi connectivity index (χ2n) is 6.60. The van der Waals surface area contributed by atoms with Gasteiger partial charge in [0.2, 0.25) is 0 Å². The maximum Gasteiger partial charge on any atom is 0.307 e. The van der Waals surface area contributed by atoms with E-state index in [-0.39, 0.29) is 5.76 Å². The maximum atomic E-state index is 12.3. The Hall–Kier alpha value is -2.80. The Kier molecular flexibility index (Phi) is 6.61. The van der Waals surface area contributed by atoms with Crippen LogP contribution in [-0.2, 0) is 6.61 Å². The van der Waals surface area contributed by atoms with Crippen LogP contribution in [0.3, 0.4) is 0 Å². The van der Waals surface area contributed by atoms with Crippen molar-refractivity contribution >= 4 is 62.2 Å². The first-order valence-corrected chi connectivity index (χ1v) is 10.7. The third-order valence-corrected chi connectivity index (χ3v) is 5.45. The van der Waals surface area contributed by atoms with Gasteiger partial charge in [0.15, 0.2) is 5.76 Å². The predicted molar refractivity (Wildman–Crippen MR) is 126 cm³/mol. The highest BCUT2D eigenvalue weighted by atomic mass is 79.9. The number of hydrogen-bond donors (Lipinski definition) is 1. The zero-order chi connectivity index (χ0) is 21.8. The highest BCUT2D eigenvalue weighted by Gasteiger charge is 2.11. The van der Waals surface area contributed by atoms with E-state index in [0.29, 0.717) is 28.0 Å². The lowest BCUT2D eigenvalue weighted by Crippen LogP contribution is -2.16. The zero-order valence-corrected chi connectivity index (χ0v) is 19.0. The van der Waals surface area contributed by atoms with E-state index in [4.69, 9.17) is 32.4 Å². The number of fused-ring (bicyclic) bond motifs is 1. The summed E-state index contributed by atoms with van der Waals surface area (Å²) in [7, 11) is 0. The quantitative estimate of drug-likeness (QED) is 0.225. The van der Waals surface area contributed by atoms with Crippen molar-refractivity contribution in [1.82, 2.24) is 5.43 Å². The molecule has 0 aliphatic rings. The maximum absolute atomic E-state index is 12.3. The van der Waals surface area contributed by atoms with Gasteiger partial charge < -0.3 is 9.15 Å². The molecule has 3 aromatic carbocycles. The fraction of sp³-hybridized carbons (Fsp3) is 0.0435. The smallest absolute Gasteiger partial charge is 0.307 e. The molecule has 1 heterocycles. The fourth-order valence-electron chi connectivity index (χ4n) is 2.80. The molecule has 0 aliphatic heterocycles. The Balaban J connectivity index is 1.36. The Morgan fingerprint density at radius 1 is 1.03 bits per heavy atom. The van der Waals surface area contributed by atoms with Gasteiger partial charge in [-0.05, 0) is 81.7 Å². The number of amides is 1. The van der Waals surface area contributed by atoms with Gasteiger partial charge >= 0.3 is 5.91 Å². The van der Waals surface area contributed by atoms with Gasteiger partial charge in [-0.2, -0.15) is 5.10 Å². The van der Waals surface area contributed by atoms with Gasteiger partial charge in [-0.1, -0.05) is 35.3 Å². The van der Waals surface area contributed by atoms with Crippen molar-refractivity contribution in [2.24, 2.45) is 5.10 Å². The summed E-state index contributed by atoms with van der Waals surface area (Å²) in [5, 5.41) is 6.00. The van der Waals surface area contributed by atoms with E-state index >= 15 is 0 Å². The van der Waals surface area contributed by atoms with Crippen molar-refractivity contribution in [3.05, 3.63) is 98.1 Å². The van der Waals surface area contributed by atoms with Crippen LogP contribution in [0.5, 0.6) is 5.75 Å². The van der Waals surface area contributed by atoms with E-state index in [1.807, 2.05) is 42.5 Å². The fourth-order valence-corrected chi connectivity index (χ4v) is 3.62. The van der Waals surface area contributed by atoms with E-state index in [9.17, 15) is 4.79 Å². The number of nitrogens with zero attached hydrogens (tertiary/aromatic N) is 1. The van der Waals surface area contributed by atoms with Crippen LogP contribution < -0.4 is 10.2 Å². The van der Waals surface area contributed by atoms with Crippen LogP contribution in [0.2, 0.25) is 10.0 Å². The van der Waals surface area contributed by atoms with Crippen LogP contribution in [0.1, 0.15) is 21.7 Å². The molecule has 0 fully saturated rings. The summed E-state index contributed by atoms with van der Waals surface area (Å²) in [6, 6.07) is 19.7. The molecule has 1 amide bonds. The third-order valence-electron chi connectivity index (χ3n) is 4.35. The molecular weight excluding hydrogens is 503 g/mol. The molecule has 0 radical (unpaired) electrons. The molecule has 4 aromatic rings. The van der Waals surface area contributed by atoms with Crippen molar-refractivity contribution < 1.29 is 13.9 Å². The number of rotatable bonds is 6. The second kappa shape index (κ2) is 9.56. The summed E-state index contributed by atoms with van der Waals surface area (Å²) in [6.07, 6.45) is 1.53. The number of halogens is 3. The Bertz CT molecular complexity index is 1270. The first-order chi connectivity index (χ1) is 15.0. The number of ether oxygens (including phenoxy) is 1. The van der Waals surface area contributed by atoms with E-state index in [1.54, 1.807) is 24.3 Å². The SMILES string of the molecule is O=C(N/N=C/c1ccc(OCc2ccc(Cl)cc2)c(Br)c1)c1cc2cc(Cl)ccc2o1. The number of furan rings is 1. The van der Waals surface area contributed by atoms with Crippen LogP contribution in [0.4, 0.5) is 0 Å². The van der Waals surface area contributed by atoms with Crippen molar-refractivity contribution in [2.75, 3.05) is 0 Å². The Morgan fingerprint density at radius 3 is 2.58 bits per heavy atom. The molecule has 156 valence electrons. The first kappa shape index (κ1) is 21.4. The minimum absolute atomic E-state index is 0.154. The zero-order valence-electron chi connectivity index (χ0n) is 15.9. The van der Waals surface area contributed by atoms with E-state index in [0.717, 1.165) is 21.0 Å². The molecular formula is C23H15BrCl2N2O3. The van der Waals surface area contributed by atoms with Crippen LogP contribution in [-0.4, -0.2) is 12.1 Å². The van der Waals surface area contributed by atoms with Gasteiger partial charge in [0.1, 0.15) is 17.9 Å².